The molecule has 15 heavy (non-hydrogen) atoms. The second kappa shape index (κ2) is 3.29. The van der Waals surface area contributed by atoms with Gasteiger partial charge in [0.2, 0.25) is 0 Å². The maximum Gasteiger partial charge on any atom is 0.314 e. The van der Waals surface area contributed by atoms with E-state index in [9.17, 15) is 13.6 Å². The van der Waals surface area contributed by atoms with Crippen LogP contribution in [-0.2, 0) is 10.2 Å². The number of rotatable bonds is 2. The first-order valence-electron chi connectivity index (χ1n) is 4.74. The van der Waals surface area contributed by atoms with Crippen LogP contribution >= 0.6 is 0 Å². The molecule has 1 aliphatic rings. The Kier molecular flexibility index (Phi) is 2.21. The van der Waals surface area contributed by atoms with E-state index in [-0.39, 0.29) is 5.56 Å². The Morgan fingerprint density at radius 1 is 1.20 bits per heavy atom. The maximum absolute atomic E-state index is 12.9. The van der Waals surface area contributed by atoms with Crippen molar-refractivity contribution >= 4 is 5.97 Å². The number of hydrogen-bond donors (Lipinski definition) is 1. The van der Waals surface area contributed by atoms with Crippen LogP contribution in [0.4, 0.5) is 8.78 Å². The summed E-state index contributed by atoms with van der Waals surface area (Å²) >= 11 is 0. The molecule has 0 atom stereocenters. The highest BCUT2D eigenvalue weighted by Gasteiger charge is 2.46. The number of aliphatic carboxylic acids is 1. The highest BCUT2D eigenvalue weighted by Crippen LogP contribution is 2.44. The molecule has 1 aromatic carbocycles. The third kappa shape index (κ3) is 1.50. The predicted octanol–water partition coefficient (Wildman–Crippen LogP) is 2.47. The zero-order valence-electron chi connectivity index (χ0n) is 7.96. The van der Waals surface area contributed by atoms with Crippen LogP contribution in [0, 0.1) is 11.6 Å². The summed E-state index contributed by atoms with van der Waals surface area (Å²) in [6.07, 6.45) is 1.68. The summed E-state index contributed by atoms with van der Waals surface area (Å²) in [5, 5.41) is 9.07. The van der Waals surface area contributed by atoms with Gasteiger partial charge in [0, 0.05) is 6.07 Å². The zero-order valence-corrected chi connectivity index (χ0v) is 7.96. The van der Waals surface area contributed by atoms with Gasteiger partial charge in [-0.2, -0.15) is 0 Å². The fraction of sp³-hybridized carbons (Fsp3) is 0.364. The Bertz CT molecular complexity index is 391. The van der Waals surface area contributed by atoms with Gasteiger partial charge in [0.15, 0.2) is 0 Å². The minimum absolute atomic E-state index is 0.235. The van der Waals surface area contributed by atoms with Crippen molar-refractivity contribution in [2.75, 3.05) is 0 Å². The van der Waals surface area contributed by atoms with Gasteiger partial charge in [-0.05, 0) is 30.5 Å². The number of benzene rings is 1. The van der Waals surface area contributed by atoms with Gasteiger partial charge in [0.25, 0.3) is 0 Å². The van der Waals surface area contributed by atoms with Gasteiger partial charge in [-0.1, -0.05) is 6.42 Å². The number of carbonyl (C=O) groups is 1. The monoisotopic (exact) mass is 212 g/mol. The molecule has 0 amide bonds. The molecular weight excluding hydrogens is 202 g/mol. The van der Waals surface area contributed by atoms with E-state index in [2.05, 4.69) is 0 Å². The molecule has 2 rings (SSSR count). The molecule has 1 fully saturated rings. The maximum atomic E-state index is 12.9. The molecule has 4 heteroatoms. The molecular formula is C11H10F2O2. The van der Waals surface area contributed by atoms with Gasteiger partial charge in [-0.25, -0.2) is 8.78 Å². The number of carboxylic acids is 1. The van der Waals surface area contributed by atoms with Crippen LogP contribution in [-0.4, -0.2) is 11.1 Å². The first-order valence-corrected chi connectivity index (χ1v) is 4.74. The van der Waals surface area contributed by atoms with Crippen molar-refractivity contribution in [2.24, 2.45) is 0 Å². The molecule has 2 nitrogen and oxygen atoms in total. The van der Waals surface area contributed by atoms with Gasteiger partial charge in [0.05, 0.1) is 5.41 Å². The molecule has 0 heterocycles. The van der Waals surface area contributed by atoms with Crippen molar-refractivity contribution in [1.82, 2.24) is 0 Å². The lowest BCUT2D eigenvalue weighted by molar-refractivity contribution is -0.147. The van der Waals surface area contributed by atoms with Crippen LogP contribution in [0.1, 0.15) is 24.8 Å². The highest BCUT2D eigenvalue weighted by molar-refractivity contribution is 5.82. The number of carboxylic acid groups (broad SMARTS) is 1. The van der Waals surface area contributed by atoms with Gasteiger partial charge >= 0.3 is 5.97 Å². The molecule has 0 saturated heterocycles. The molecule has 0 radical (unpaired) electrons. The smallest absolute Gasteiger partial charge is 0.314 e. The Hall–Kier alpha value is -1.45. The zero-order chi connectivity index (χ0) is 11.1. The second-order valence-corrected chi connectivity index (χ2v) is 3.90. The van der Waals surface area contributed by atoms with Crippen molar-refractivity contribution < 1.29 is 18.7 Å². The number of hydrogen-bond acceptors (Lipinski definition) is 1. The number of halogens is 2. The molecule has 1 aromatic rings. The minimum Gasteiger partial charge on any atom is -0.481 e. The quantitative estimate of drug-likeness (QED) is 0.817. The molecule has 0 spiro atoms. The lowest BCUT2D eigenvalue weighted by Gasteiger charge is -2.38. The van der Waals surface area contributed by atoms with Gasteiger partial charge < -0.3 is 5.11 Å². The molecule has 0 unspecified atom stereocenters. The molecule has 1 N–H and O–H groups in total. The lowest BCUT2D eigenvalue weighted by atomic mass is 9.64. The highest BCUT2D eigenvalue weighted by atomic mass is 19.1. The van der Waals surface area contributed by atoms with E-state index >= 15 is 0 Å². The van der Waals surface area contributed by atoms with Crippen molar-refractivity contribution in [3.8, 4) is 0 Å². The summed E-state index contributed by atoms with van der Waals surface area (Å²) in [7, 11) is 0. The van der Waals surface area contributed by atoms with E-state index < -0.39 is 23.0 Å². The van der Waals surface area contributed by atoms with Crippen LogP contribution in [0.3, 0.4) is 0 Å². The topological polar surface area (TPSA) is 37.3 Å². The van der Waals surface area contributed by atoms with Crippen LogP contribution in [0.2, 0.25) is 0 Å². The van der Waals surface area contributed by atoms with E-state index in [1.807, 2.05) is 0 Å². The standard InChI is InChI=1S/C11H10F2O2/c12-8-4-7(5-9(13)6-8)11(10(14)15)2-1-3-11/h4-6H,1-3H2,(H,14,15). The molecule has 0 bridgehead atoms. The van der Waals surface area contributed by atoms with Gasteiger partial charge in [-0.3, -0.25) is 4.79 Å². The van der Waals surface area contributed by atoms with Crippen molar-refractivity contribution in [3.63, 3.8) is 0 Å². The summed E-state index contributed by atoms with van der Waals surface area (Å²) < 4.78 is 25.9. The Labute approximate surface area is 85.5 Å². The minimum atomic E-state index is -1.07. The van der Waals surface area contributed by atoms with Crippen LogP contribution in [0.5, 0.6) is 0 Å². The summed E-state index contributed by atoms with van der Waals surface area (Å²) in [5.41, 5.74) is -0.832. The van der Waals surface area contributed by atoms with E-state index in [1.165, 1.54) is 0 Å². The molecule has 80 valence electrons. The van der Waals surface area contributed by atoms with Gasteiger partial charge in [-0.15, -0.1) is 0 Å². The molecule has 0 aromatic heterocycles. The lowest BCUT2D eigenvalue weighted by Crippen LogP contribution is -2.42. The van der Waals surface area contributed by atoms with Crippen molar-refractivity contribution in [1.29, 1.82) is 0 Å². The van der Waals surface area contributed by atoms with Crippen molar-refractivity contribution in [2.45, 2.75) is 24.7 Å². The van der Waals surface area contributed by atoms with Gasteiger partial charge in [0.1, 0.15) is 11.6 Å². The normalized spacial score (nSPS) is 18.3. The van der Waals surface area contributed by atoms with E-state index in [0.29, 0.717) is 12.8 Å². The van der Waals surface area contributed by atoms with Crippen LogP contribution in [0.15, 0.2) is 18.2 Å². The molecule has 1 aliphatic carbocycles. The summed E-state index contributed by atoms with van der Waals surface area (Å²) in [5.74, 6) is -2.45. The third-order valence-corrected chi connectivity index (χ3v) is 3.03. The van der Waals surface area contributed by atoms with E-state index in [4.69, 9.17) is 5.11 Å². The average molecular weight is 212 g/mol. The summed E-state index contributed by atoms with van der Waals surface area (Å²) in [6, 6.07) is 2.96. The largest absolute Gasteiger partial charge is 0.481 e. The first-order chi connectivity index (χ1) is 7.04. The average Bonchev–Trinajstić information content (AvgIpc) is 1.97. The van der Waals surface area contributed by atoms with Crippen LogP contribution in [0.25, 0.3) is 0 Å². The first kappa shape index (κ1) is 10.1. The second-order valence-electron chi connectivity index (χ2n) is 3.90. The van der Waals surface area contributed by atoms with Crippen LogP contribution < -0.4 is 0 Å². The van der Waals surface area contributed by atoms with E-state index in [1.54, 1.807) is 0 Å². The third-order valence-electron chi connectivity index (χ3n) is 3.03. The Morgan fingerprint density at radius 2 is 1.73 bits per heavy atom. The fourth-order valence-corrected chi connectivity index (χ4v) is 1.99. The Balaban J connectivity index is 2.47. The van der Waals surface area contributed by atoms with E-state index in [0.717, 1.165) is 24.6 Å². The fourth-order valence-electron chi connectivity index (χ4n) is 1.99. The molecule has 0 aliphatic heterocycles. The van der Waals surface area contributed by atoms with Crippen molar-refractivity contribution in [3.05, 3.63) is 35.4 Å². The SMILES string of the molecule is O=C(O)C1(c2cc(F)cc(F)c2)CCC1. The Morgan fingerprint density at radius 3 is 2.07 bits per heavy atom. The summed E-state index contributed by atoms with van der Waals surface area (Å²) in [4.78, 5) is 11.1. The molecule has 1 saturated carbocycles. The predicted molar refractivity (Wildman–Crippen MR) is 49.5 cm³/mol. The summed E-state index contributed by atoms with van der Waals surface area (Å²) in [6.45, 7) is 0.